The molecule has 1 N–H and O–H groups in total. The number of nitrogens with one attached hydrogen (secondary N) is 1. The topological polar surface area (TPSA) is 55.4 Å². The molecule has 132 valence electrons. The number of methoxy groups -OCH3 is 1. The van der Waals surface area contributed by atoms with Crippen LogP contribution in [0.4, 0.5) is 13.2 Å². The number of hydrogen-bond donors (Lipinski definition) is 1. The third-order valence-electron chi connectivity index (χ3n) is 3.71. The molecule has 0 unspecified atom stereocenters. The zero-order valence-corrected chi connectivity index (χ0v) is 13.6. The Labute approximate surface area is 142 Å². The van der Waals surface area contributed by atoms with E-state index in [1.807, 2.05) is 19.1 Å². The van der Waals surface area contributed by atoms with Gasteiger partial charge in [0.15, 0.2) is 0 Å². The Hall–Kier alpha value is -2.83. The molecular weight excluding hydrogens is 335 g/mol. The van der Waals surface area contributed by atoms with Gasteiger partial charge >= 0.3 is 5.97 Å². The van der Waals surface area contributed by atoms with Crippen LogP contribution < -0.4 is 5.32 Å². The van der Waals surface area contributed by atoms with E-state index in [9.17, 15) is 22.8 Å². The van der Waals surface area contributed by atoms with Crippen molar-refractivity contribution in [3.8, 4) is 0 Å². The number of amides is 1. The van der Waals surface area contributed by atoms with Crippen LogP contribution in [0.3, 0.4) is 0 Å². The van der Waals surface area contributed by atoms with Crippen molar-refractivity contribution in [3.05, 3.63) is 70.5 Å². The zero-order valence-electron chi connectivity index (χ0n) is 13.6. The molecule has 0 aliphatic rings. The summed E-state index contributed by atoms with van der Waals surface area (Å²) in [5.41, 5.74) is 0.683. The first-order chi connectivity index (χ1) is 11.8. The lowest BCUT2D eigenvalue weighted by molar-refractivity contribution is -0.142. The zero-order chi connectivity index (χ0) is 18.6. The largest absolute Gasteiger partial charge is 0.467 e. The minimum Gasteiger partial charge on any atom is -0.467 e. The molecule has 2 aromatic carbocycles. The highest BCUT2D eigenvalue weighted by atomic mass is 19.1. The second-order valence-corrected chi connectivity index (χ2v) is 5.42. The Morgan fingerprint density at radius 3 is 2.28 bits per heavy atom. The molecule has 0 saturated carbocycles. The van der Waals surface area contributed by atoms with Crippen LogP contribution in [0, 0.1) is 24.4 Å². The molecule has 0 aliphatic carbocycles. The van der Waals surface area contributed by atoms with Crippen molar-refractivity contribution in [3.63, 3.8) is 0 Å². The smallest absolute Gasteiger partial charge is 0.328 e. The van der Waals surface area contributed by atoms with Crippen molar-refractivity contribution in [2.45, 2.75) is 19.4 Å². The van der Waals surface area contributed by atoms with Crippen LogP contribution in [-0.2, 0) is 16.0 Å². The van der Waals surface area contributed by atoms with Crippen LogP contribution in [0.2, 0.25) is 0 Å². The second-order valence-electron chi connectivity index (χ2n) is 5.42. The number of benzene rings is 2. The maximum absolute atomic E-state index is 13.7. The lowest BCUT2D eigenvalue weighted by atomic mass is 10.0. The molecule has 4 nitrogen and oxygen atoms in total. The van der Waals surface area contributed by atoms with Gasteiger partial charge in [-0.3, -0.25) is 4.79 Å². The lowest BCUT2D eigenvalue weighted by Crippen LogP contribution is -2.43. The van der Waals surface area contributed by atoms with Crippen molar-refractivity contribution in [1.29, 1.82) is 0 Å². The first-order valence-corrected chi connectivity index (χ1v) is 7.41. The number of carbonyl (C=O) groups is 2. The van der Waals surface area contributed by atoms with E-state index in [0.29, 0.717) is 12.1 Å². The van der Waals surface area contributed by atoms with Crippen LogP contribution in [0.5, 0.6) is 0 Å². The molecule has 0 aromatic heterocycles. The summed E-state index contributed by atoms with van der Waals surface area (Å²) in [7, 11) is 1.14. The summed E-state index contributed by atoms with van der Waals surface area (Å²) in [5, 5.41) is 2.24. The minimum absolute atomic E-state index is 0.0789. The molecule has 1 atom stereocenters. The fourth-order valence-corrected chi connectivity index (χ4v) is 2.38. The summed E-state index contributed by atoms with van der Waals surface area (Å²) in [6.07, 6.45) is 0.0789. The quantitative estimate of drug-likeness (QED) is 0.843. The Bertz CT molecular complexity index is 785. The highest BCUT2D eigenvalue weighted by molar-refractivity contribution is 5.97. The highest BCUT2D eigenvalue weighted by Crippen LogP contribution is 2.16. The van der Waals surface area contributed by atoms with E-state index in [2.05, 4.69) is 10.1 Å². The summed E-state index contributed by atoms with van der Waals surface area (Å²) in [6, 6.07) is 6.80. The molecule has 2 rings (SSSR count). The molecule has 2 aromatic rings. The molecule has 0 saturated heterocycles. The maximum atomic E-state index is 13.7. The summed E-state index contributed by atoms with van der Waals surface area (Å²) in [6.45, 7) is 1.82. The molecule has 7 heteroatoms. The van der Waals surface area contributed by atoms with E-state index in [0.717, 1.165) is 18.2 Å². The van der Waals surface area contributed by atoms with Crippen LogP contribution >= 0.6 is 0 Å². The predicted octanol–water partition coefficient (Wildman–Crippen LogP) is 2.93. The molecule has 0 radical (unpaired) electrons. The SMILES string of the molecule is COC(=O)[C@H](Cc1ccccc1C)NC(=O)c1c(F)cc(F)cc1F. The number of halogens is 3. The molecule has 0 aliphatic heterocycles. The summed E-state index contributed by atoms with van der Waals surface area (Å²) >= 11 is 0. The monoisotopic (exact) mass is 351 g/mol. The van der Waals surface area contributed by atoms with Gasteiger partial charge in [-0.15, -0.1) is 0 Å². The van der Waals surface area contributed by atoms with E-state index in [1.54, 1.807) is 12.1 Å². The highest BCUT2D eigenvalue weighted by Gasteiger charge is 2.26. The Kier molecular flexibility index (Phi) is 5.80. The third-order valence-corrected chi connectivity index (χ3v) is 3.71. The van der Waals surface area contributed by atoms with Gasteiger partial charge < -0.3 is 10.1 Å². The maximum Gasteiger partial charge on any atom is 0.328 e. The van der Waals surface area contributed by atoms with Crippen molar-refractivity contribution in [1.82, 2.24) is 5.32 Å². The van der Waals surface area contributed by atoms with Crippen molar-refractivity contribution in [2.24, 2.45) is 0 Å². The summed E-state index contributed by atoms with van der Waals surface area (Å²) in [4.78, 5) is 24.1. The molecule has 0 fully saturated rings. The number of aryl methyl sites for hydroxylation is 1. The Morgan fingerprint density at radius 1 is 1.12 bits per heavy atom. The number of rotatable bonds is 5. The normalized spacial score (nSPS) is 11.7. The van der Waals surface area contributed by atoms with Gasteiger partial charge in [-0.25, -0.2) is 18.0 Å². The number of esters is 1. The van der Waals surface area contributed by atoms with E-state index in [-0.39, 0.29) is 6.42 Å². The Morgan fingerprint density at radius 2 is 1.72 bits per heavy atom. The lowest BCUT2D eigenvalue weighted by Gasteiger charge is -2.18. The molecule has 0 bridgehead atoms. The minimum atomic E-state index is -1.35. The van der Waals surface area contributed by atoms with Gasteiger partial charge in [0, 0.05) is 18.6 Å². The molecule has 25 heavy (non-hydrogen) atoms. The molecule has 0 heterocycles. The van der Waals surface area contributed by atoms with Gasteiger partial charge in [0.25, 0.3) is 5.91 Å². The first-order valence-electron chi connectivity index (χ1n) is 7.41. The molecule has 0 spiro atoms. The average Bonchev–Trinajstić information content (AvgIpc) is 2.54. The van der Waals surface area contributed by atoms with Crippen molar-refractivity contribution < 1.29 is 27.5 Å². The van der Waals surface area contributed by atoms with Crippen LogP contribution in [0.25, 0.3) is 0 Å². The van der Waals surface area contributed by atoms with Crippen molar-refractivity contribution in [2.75, 3.05) is 7.11 Å². The standard InChI is InChI=1S/C18H16F3NO3/c1-10-5-3-4-6-11(10)7-15(18(24)25-2)22-17(23)16-13(20)8-12(19)9-14(16)21/h3-6,8-9,15H,7H2,1-2H3,(H,22,23)/t15-/m0/s1. The van der Waals surface area contributed by atoms with Gasteiger partial charge in [0.05, 0.1) is 7.11 Å². The van der Waals surface area contributed by atoms with Crippen LogP contribution in [0.15, 0.2) is 36.4 Å². The van der Waals surface area contributed by atoms with Gasteiger partial charge in [-0.1, -0.05) is 24.3 Å². The van der Waals surface area contributed by atoms with Gasteiger partial charge in [0.2, 0.25) is 0 Å². The Balaban J connectivity index is 2.27. The van der Waals surface area contributed by atoms with E-state index in [4.69, 9.17) is 0 Å². The predicted molar refractivity (Wildman–Crippen MR) is 84.5 cm³/mol. The summed E-state index contributed by atoms with van der Waals surface area (Å²) < 4.78 is 45.1. The first kappa shape index (κ1) is 18.5. The summed E-state index contributed by atoms with van der Waals surface area (Å²) in [5.74, 6) is -5.78. The van der Waals surface area contributed by atoms with Crippen LogP contribution in [-0.4, -0.2) is 25.0 Å². The van der Waals surface area contributed by atoms with Gasteiger partial charge in [0.1, 0.15) is 29.1 Å². The second kappa shape index (κ2) is 7.83. The number of carbonyl (C=O) groups excluding carboxylic acids is 2. The fraction of sp³-hybridized carbons (Fsp3) is 0.222. The van der Waals surface area contributed by atoms with Gasteiger partial charge in [-0.2, -0.15) is 0 Å². The van der Waals surface area contributed by atoms with E-state index < -0.39 is 40.9 Å². The molecular formula is C18H16F3NO3. The third kappa shape index (κ3) is 4.37. The number of ether oxygens (including phenoxy) is 1. The van der Waals surface area contributed by atoms with Gasteiger partial charge in [-0.05, 0) is 18.1 Å². The number of hydrogen-bond acceptors (Lipinski definition) is 3. The fourth-order valence-electron chi connectivity index (χ4n) is 2.38. The van der Waals surface area contributed by atoms with E-state index in [1.165, 1.54) is 0 Å². The molecule has 1 amide bonds. The average molecular weight is 351 g/mol. The van der Waals surface area contributed by atoms with E-state index >= 15 is 0 Å². The van der Waals surface area contributed by atoms with Crippen LogP contribution in [0.1, 0.15) is 21.5 Å². The van der Waals surface area contributed by atoms with Crippen molar-refractivity contribution >= 4 is 11.9 Å².